The molecular weight excluding hydrogens is 411 g/mol. The summed E-state index contributed by atoms with van der Waals surface area (Å²) >= 11 is 14.0. The highest BCUT2D eigenvalue weighted by Gasteiger charge is 2.43. The molecule has 2 aromatic rings. The topological polar surface area (TPSA) is 72.7 Å². The van der Waals surface area contributed by atoms with Crippen LogP contribution in [0.2, 0.25) is 10.0 Å². The number of fused-ring (bicyclic) bond motifs is 2. The lowest BCUT2D eigenvalue weighted by Crippen LogP contribution is -2.48. The number of carbonyl (C=O) groups is 1. The van der Waals surface area contributed by atoms with Gasteiger partial charge < -0.3 is 4.74 Å². The van der Waals surface area contributed by atoms with E-state index in [0.29, 0.717) is 27.0 Å². The highest BCUT2D eigenvalue weighted by atomic mass is 35.5. The van der Waals surface area contributed by atoms with Gasteiger partial charge in [0.25, 0.3) is 11.6 Å². The van der Waals surface area contributed by atoms with Crippen LogP contribution in [0, 0.1) is 10.1 Å². The summed E-state index contributed by atoms with van der Waals surface area (Å²) < 4.78 is 6.01. The van der Waals surface area contributed by atoms with E-state index in [4.69, 9.17) is 27.9 Å². The second-order valence-electron chi connectivity index (χ2n) is 6.08. The molecule has 138 valence electrons. The zero-order valence-electron chi connectivity index (χ0n) is 13.9. The second-order valence-corrected chi connectivity index (χ2v) is 8.29. The SMILES string of the molecule is CC1=CC2Oc3cc(Cl)cc(Cl)c3N(C(=O)c3ccc([N+](=O)[O-])cc3)C2S1. The third-order valence-electron chi connectivity index (χ3n) is 4.28. The number of nitro groups is 1. The molecule has 0 saturated carbocycles. The molecular formula is C18H12Cl2N2O4S. The lowest BCUT2D eigenvalue weighted by atomic mass is 10.1. The minimum Gasteiger partial charge on any atom is -0.481 e. The van der Waals surface area contributed by atoms with Crippen LogP contribution in [-0.2, 0) is 0 Å². The first kappa shape index (κ1) is 18.2. The Labute approximate surface area is 168 Å². The molecule has 0 aromatic heterocycles. The summed E-state index contributed by atoms with van der Waals surface area (Å²) in [7, 11) is 0. The number of halogens is 2. The normalized spacial score (nSPS) is 20.4. The van der Waals surface area contributed by atoms with Crippen LogP contribution in [0.15, 0.2) is 47.4 Å². The quantitative estimate of drug-likeness (QED) is 0.485. The molecule has 0 aliphatic carbocycles. The van der Waals surface area contributed by atoms with Gasteiger partial charge in [-0.2, -0.15) is 0 Å². The number of benzene rings is 2. The number of allylic oxidation sites excluding steroid dienone is 1. The molecule has 0 N–H and O–H groups in total. The van der Waals surface area contributed by atoms with Gasteiger partial charge in [0.2, 0.25) is 0 Å². The van der Waals surface area contributed by atoms with E-state index in [1.807, 2.05) is 13.0 Å². The van der Waals surface area contributed by atoms with Gasteiger partial charge in [0.15, 0.2) is 0 Å². The maximum Gasteiger partial charge on any atom is 0.269 e. The largest absolute Gasteiger partial charge is 0.481 e. The van der Waals surface area contributed by atoms with E-state index < -0.39 is 4.92 Å². The van der Waals surface area contributed by atoms with Crippen LogP contribution >= 0.6 is 35.0 Å². The van der Waals surface area contributed by atoms with E-state index >= 15 is 0 Å². The average molecular weight is 423 g/mol. The maximum atomic E-state index is 13.3. The number of anilines is 1. The number of carbonyl (C=O) groups excluding carboxylic acids is 1. The molecule has 2 heterocycles. The highest BCUT2D eigenvalue weighted by Crippen LogP contribution is 2.50. The number of hydrogen-bond acceptors (Lipinski definition) is 5. The van der Waals surface area contributed by atoms with Crippen LogP contribution in [0.3, 0.4) is 0 Å². The van der Waals surface area contributed by atoms with E-state index in [-0.39, 0.29) is 23.1 Å². The summed E-state index contributed by atoms with van der Waals surface area (Å²) in [6, 6.07) is 8.67. The van der Waals surface area contributed by atoms with Crippen molar-refractivity contribution in [2.24, 2.45) is 0 Å². The third kappa shape index (κ3) is 3.16. The van der Waals surface area contributed by atoms with Gasteiger partial charge in [-0.05, 0) is 36.1 Å². The molecule has 0 saturated heterocycles. The molecule has 0 radical (unpaired) electrons. The predicted octanol–water partition coefficient (Wildman–Crippen LogP) is 5.29. The Morgan fingerprint density at radius 3 is 2.63 bits per heavy atom. The Morgan fingerprint density at radius 1 is 1.26 bits per heavy atom. The Morgan fingerprint density at radius 2 is 1.96 bits per heavy atom. The zero-order valence-corrected chi connectivity index (χ0v) is 16.2. The summed E-state index contributed by atoms with van der Waals surface area (Å²) in [5.74, 6) is 0.111. The van der Waals surface area contributed by atoms with Crippen molar-refractivity contribution in [1.29, 1.82) is 0 Å². The van der Waals surface area contributed by atoms with Gasteiger partial charge in [-0.3, -0.25) is 19.8 Å². The van der Waals surface area contributed by atoms with Crippen molar-refractivity contribution in [1.82, 2.24) is 0 Å². The molecule has 4 rings (SSSR count). The summed E-state index contributed by atoms with van der Waals surface area (Å²) in [4.78, 5) is 26.3. The standard InChI is InChI=1S/C18H12Cl2N2O4S/c1-9-6-15-18(27-9)21(16-13(20)7-11(19)8-14(16)26-15)17(23)10-2-4-12(5-3-10)22(24)25/h2-8,15,18H,1H3. The molecule has 6 nitrogen and oxygen atoms in total. The van der Waals surface area contributed by atoms with Crippen LogP contribution in [0.4, 0.5) is 11.4 Å². The highest BCUT2D eigenvalue weighted by molar-refractivity contribution is 8.04. The molecule has 2 atom stereocenters. The fraction of sp³-hybridized carbons (Fsp3) is 0.167. The first-order valence-electron chi connectivity index (χ1n) is 7.94. The van der Waals surface area contributed by atoms with Crippen LogP contribution in [-0.4, -0.2) is 22.3 Å². The van der Waals surface area contributed by atoms with Crippen LogP contribution < -0.4 is 9.64 Å². The minimum absolute atomic E-state index is 0.0793. The summed E-state index contributed by atoms with van der Waals surface area (Å²) in [5, 5.41) is 11.3. The maximum absolute atomic E-state index is 13.3. The van der Waals surface area contributed by atoms with Crippen LogP contribution in [0.1, 0.15) is 17.3 Å². The summed E-state index contributed by atoms with van der Waals surface area (Å²) in [5.41, 5.74) is 0.689. The first-order valence-corrected chi connectivity index (χ1v) is 9.57. The van der Waals surface area contributed by atoms with Gasteiger partial charge >= 0.3 is 0 Å². The Kier molecular flexibility index (Phi) is 4.53. The van der Waals surface area contributed by atoms with Crippen molar-refractivity contribution in [2.75, 3.05) is 4.90 Å². The number of amides is 1. The molecule has 27 heavy (non-hydrogen) atoms. The summed E-state index contributed by atoms with van der Waals surface area (Å²) in [6.07, 6.45) is 1.61. The third-order valence-corrected chi connectivity index (χ3v) is 6.02. The van der Waals surface area contributed by atoms with E-state index in [1.165, 1.54) is 36.0 Å². The average Bonchev–Trinajstić information content (AvgIpc) is 2.98. The smallest absolute Gasteiger partial charge is 0.269 e. The van der Waals surface area contributed by atoms with Crippen LogP contribution in [0.5, 0.6) is 5.75 Å². The van der Waals surface area contributed by atoms with Gasteiger partial charge in [0, 0.05) is 28.8 Å². The number of thioether (sulfide) groups is 1. The van der Waals surface area contributed by atoms with Crippen molar-refractivity contribution < 1.29 is 14.5 Å². The number of non-ortho nitro benzene ring substituents is 1. The Bertz CT molecular complexity index is 994. The van der Waals surface area contributed by atoms with Crippen molar-refractivity contribution in [3.05, 3.63) is 73.1 Å². The summed E-state index contributed by atoms with van der Waals surface area (Å²) in [6.45, 7) is 1.94. The van der Waals surface area contributed by atoms with E-state index in [0.717, 1.165) is 4.91 Å². The molecule has 2 aliphatic heterocycles. The predicted molar refractivity (Wildman–Crippen MR) is 106 cm³/mol. The molecule has 0 fully saturated rings. The van der Waals surface area contributed by atoms with Crippen LogP contribution in [0.25, 0.3) is 0 Å². The minimum atomic E-state index is -0.507. The van der Waals surface area contributed by atoms with Crippen molar-refractivity contribution in [2.45, 2.75) is 18.4 Å². The molecule has 0 bridgehead atoms. The fourth-order valence-corrected chi connectivity index (χ4v) is 4.86. The number of nitro benzene ring substituents is 1. The number of hydrogen-bond donors (Lipinski definition) is 0. The van der Waals surface area contributed by atoms with Gasteiger partial charge in [-0.15, -0.1) is 11.8 Å². The molecule has 2 aromatic carbocycles. The van der Waals surface area contributed by atoms with Gasteiger partial charge in [-0.1, -0.05) is 23.2 Å². The van der Waals surface area contributed by atoms with Crippen molar-refractivity contribution >= 4 is 52.2 Å². The van der Waals surface area contributed by atoms with Gasteiger partial charge in [0.1, 0.15) is 22.9 Å². The van der Waals surface area contributed by atoms with Crippen molar-refractivity contribution in [3.63, 3.8) is 0 Å². The first-order chi connectivity index (χ1) is 12.8. The number of rotatable bonds is 2. The monoisotopic (exact) mass is 422 g/mol. The molecule has 9 heteroatoms. The molecule has 2 aliphatic rings. The molecule has 2 unspecified atom stereocenters. The van der Waals surface area contributed by atoms with Crippen molar-refractivity contribution in [3.8, 4) is 5.75 Å². The second kappa shape index (κ2) is 6.74. The fourth-order valence-electron chi connectivity index (χ4n) is 3.12. The number of ether oxygens (including phenoxy) is 1. The number of nitrogens with zero attached hydrogens (tertiary/aromatic N) is 2. The van der Waals surface area contributed by atoms with Gasteiger partial charge in [-0.25, -0.2) is 0 Å². The Hall–Kier alpha value is -2.22. The Balaban J connectivity index is 1.80. The lowest BCUT2D eigenvalue weighted by Gasteiger charge is -2.38. The molecule has 0 spiro atoms. The van der Waals surface area contributed by atoms with E-state index in [1.54, 1.807) is 17.0 Å². The van der Waals surface area contributed by atoms with E-state index in [9.17, 15) is 14.9 Å². The molecule has 1 amide bonds. The zero-order chi connectivity index (χ0) is 19.3. The van der Waals surface area contributed by atoms with E-state index in [2.05, 4.69) is 0 Å². The van der Waals surface area contributed by atoms with Gasteiger partial charge in [0.05, 0.1) is 9.95 Å². The lowest BCUT2D eigenvalue weighted by molar-refractivity contribution is -0.384.